The first-order valence-electron chi connectivity index (χ1n) is 12.5. The van der Waals surface area contributed by atoms with Gasteiger partial charge >= 0.3 is 6.09 Å². The van der Waals surface area contributed by atoms with Crippen LogP contribution in [0.4, 0.5) is 9.18 Å². The lowest BCUT2D eigenvalue weighted by Gasteiger charge is -2.31. The summed E-state index contributed by atoms with van der Waals surface area (Å²) in [6.07, 6.45) is 1.34. The predicted molar refractivity (Wildman–Crippen MR) is 137 cm³/mol. The Balaban J connectivity index is 1.56. The number of fused-ring (bicyclic) bond motifs is 1. The smallest absolute Gasteiger partial charge is 0.407 e. The summed E-state index contributed by atoms with van der Waals surface area (Å²) >= 11 is 0. The lowest BCUT2D eigenvalue weighted by molar-refractivity contribution is -0.0276. The Morgan fingerprint density at radius 3 is 2.81 bits per heavy atom. The van der Waals surface area contributed by atoms with Gasteiger partial charge in [-0.1, -0.05) is 24.0 Å². The zero-order chi connectivity index (χ0) is 25.5. The molecule has 3 aromatic rings. The Labute approximate surface area is 211 Å². The quantitative estimate of drug-likeness (QED) is 0.340. The van der Waals surface area contributed by atoms with E-state index >= 15 is 4.39 Å². The van der Waals surface area contributed by atoms with Gasteiger partial charge in [0.1, 0.15) is 17.7 Å². The number of para-hydroxylation sites is 2. The molecule has 1 atom stereocenters. The van der Waals surface area contributed by atoms with Gasteiger partial charge in [0.15, 0.2) is 0 Å². The number of imidazole rings is 1. The Morgan fingerprint density at radius 1 is 1.31 bits per heavy atom. The first-order valence-corrected chi connectivity index (χ1v) is 12.5. The van der Waals surface area contributed by atoms with Crippen molar-refractivity contribution in [1.82, 2.24) is 19.8 Å². The number of nitrogens with zero attached hydrogens (tertiary/aromatic N) is 3. The molecule has 7 nitrogen and oxygen atoms in total. The molecule has 0 aliphatic carbocycles. The van der Waals surface area contributed by atoms with E-state index in [1.165, 1.54) is 11.0 Å². The van der Waals surface area contributed by atoms with Crippen molar-refractivity contribution in [2.45, 2.75) is 44.8 Å². The average Bonchev–Trinajstić information content (AvgIpc) is 3.31. The molecular formula is C28H33FN4O3. The van der Waals surface area contributed by atoms with Crippen LogP contribution in [0.2, 0.25) is 0 Å². The van der Waals surface area contributed by atoms with Crippen LogP contribution in [0.15, 0.2) is 42.5 Å². The maximum absolute atomic E-state index is 15.2. The molecular weight excluding hydrogens is 459 g/mol. The number of unbranched alkanes of at least 4 members (excludes halogenated alkanes) is 1. The van der Waals surface area contributed by atoms with Crippen LogP contribution in [0.3, 0.4) is 0 Å². The highest BCUT2D eigenvalue weighted by Crippen LogP contribution is 2.32. The number of rotatable bonds is 8. The lowest BCUT2D eigenvalue weighted by atomic mass is 10.0. The van der Waals surface area contributed by atoms with Crippen molar-refractivity contribution in [1.29, 1.82) is 0 Å². The van der Waals surface area contributed by atoms with E-state index in [0.29, 0.717) is 42.9 Å². The van der Waals surface area contributed by atoms with Gasteiger partial charge in [0.25, 0.3) is 0 Å². The molecule has 1 aromatic heterocycles. The van der Waals surface area contributed by atoms with Crippen LogP contribution in [-0.4, -0.2) is 70.3 Å². The summed E-state index contributed by atoms with van der Waals surface area (Å²) in [6, 6.07) is 12.6. The summed E-state index contributed by atoms with van der Waals surface area (Å²) in [4.78, 5) is 22.8. The third kappa shape index (κ3) is 6.42. The zero-order valence-corrected chi connectivity index (χ0v) is 20.8. The minimum Gasteiger partial charge on any atom is -0.465 e. The highest BCUT2D eigenvalue weighted by molar-refractivity contribution is 5.75. The van der Waals surface area contributed by atoms with Crippen molar-refractivity contribution in [3.8, 4) is 11.8 Å². The molecule has 1 aliphatic heterocycles. The van der Waals surface area contributed by atoms with Gasteiger partial charge in [-0.25, -0.2) is 14.2 Å². The van der Waals surface area contributed by atoms with Crippen molar-refractivity contribution in [3.05, 3.63) is 65.2 Å². The fourth-order valence-corrected chi connectivity index (χ4v) is 4.43. The van der Waals surface area contributed by atoms with E-state index in [4.69, 9.17) is 14.8 Å². The van der Waals surface area contributed by atoms with E-state index in [-0.39, 0.29) is 11.9 Å². The molecule has 1 amide bonds. The third-order valence-electron chi connectivity index (χ3n) is 6.54. The second-order valence-corrected chi connectivity index (χ2v) is 9.16. The van der Waals surface area contributed by atoms with Gasteiger partial charge in [-0.2, -0.15) is 0 Å². The molecule has 190 valence electrons. The number of benzene rings is 2. The number of nitrogens with one attached hydrogen (secondary N) is 1. The van der Waals surface area contributed by atoms with Crippen LogP contribution in [0.5, 0.6) is 0 Å². The SMILES string of the molecule is CCN(CCCC#Cc1ccc(F)c(C(OC2CCN(C)CC2)c2nc3ccccc3[nH]2)c1)C(=O)O. The van der Waals surface area contributed by atoms with E-state index in [9.17, 15) is 4.79 Å². The van der Waals surface area contributed by atoms with Gasteiger partial charge in [-0.05, 0) is 63.6 Å². The standard InChI is InChI=1S/C28H33FN4O3/c1-3-33(28(34)35)16-8-4-5-9-20-12-13-23(29)22(19-20)26(36-21-14-17-32(2)18-15-21)27-30-24-10-6-7-11-25(24)31-27/h6-7,10-13,19,21,26H,3-4,8,14-18H2,1-2H3,(H,30,31)(H,34,35). The van der Waals surface area contributed by atoms with E-state index in [0.717, 1.165) is 37.0 Å². The molecule has 36 heavy (non-hydrogen) atoms. The molecule has 1 saturated heterocycles. The number of carboxylic acid groups (broad SMARTS) is 1. The number of ether oxygens (including phenoxy) is 1. The monoisotopic (exact) mass is 492 g/mol. The summed E-state index contributed by atoms with van der Waals surface area (Å²) in [5, 5.41) is 9.12. The molecule has 4 rings (SSSR count). The number of aromatic amines is 1. The molecule has 1 aliphatic rings. The van der Waals surface area contributed by atoms with Crippen molar-refractivity contribution < 1.29 is 19.0 Å². The van der Waals surface area contributed by atoms with Gasteiger partial charge in [-0.3, -0.25) is 0 Å². The fourth-order valence-electron chi connectivity index (χ4n) is 4.43. The number of H-pyrrole nitrogens is 1. The van der Waals surface area contributed by atoms with Gasteiger partial charge in [-0.15, -0.1) is 0 Å². The Kier molecular flexibility index (Phi) is 8.57. The summed E-state index contributed by atoms with van der Waals surface area (Å²) < 4.78 is 21.7. The fraction of sp³-hybridized carbons (Fsp3) is 0.429. The number of hydrogen-bond donors (Lipinski definition) is 2. The molecule has 2 N–H and O–H groups in total. The summed E-state index contributed by atoms with van der Waals surface area (Å²) in [5.41, 5.74) is 2.78. The molecule has 0 saturated carbocycles. The Bertz CT molecular complexity index is 1210. The highest BCUT2D eigenvalue weighted by atomic mass is 19.1. The first kappa shape index (κ1) is 25.7. The number of carbonyl (C=O) groups is 1. The van der Waals surface area contributed by atoms with Crippen LogP contribution in [0.1, 0.15) is 55.7 Å². The maximum atomic E-state index is 15.2. The van der Waals surface area contributed by atoms with Crippen LogP contribution in [-0.2, 0) is 4.74 Å². The van der Waals surface area contributed by atoms with Crippen molar-refractivity contribution >= 4 is 17.1 Å². The first-order chi connectivity index (χ1) is 17.4. The minimum absolute atomic E-state index is 0.00398. The normalized spacial score (nSPS) is 15.4. The molecule has 2 heterocycles. The van der Waals surface area contributed by atoms with Gasteiger partial charge < -0.3 is 24.6 Å². The van der Waals surface area contributed by atoms with Crippen LogP contribution >= 0.6 is 0 Å². The van der Waals surface area contributed by atoms with Crippen molar-refractivity contribution in [3.63, 3.8) is 0 Å². The second kappa shape index (κ2) is 12.0. The number of halogens is 1. The van der Waals surface area contributed by atoms with Gasteiger partial charge in [0, 0.05) is 43.7 Å². The third-order valence-corrected chi connectivity index (χ3v) is 6.54. The average molecular weight is 493 g/mol. The minimum atomic E-state index is -0.921. The summed E-state index contributed by atoms with van der Waals surface area (Å²) in [5.74, 6) is 6.41. The van der Waals surface area contributed by atoms with Crippen LogP contribution in [0.25, 0.3) is 11.0 Å². The molecule has 0 radical (unpaired) electrons. The van der Waals surface area contributed by atoms with Gasteiger partial charge in [0.2, 0.25) is 0 Å². The maximum Gasteiger partial charge on any atom is 0.407 e. The summed E-state index contributed by atoms with van der Waals surface area (Å²) in [7, 11) is 2.09. The Morgan fingerprint density at radius 2 is 2.08 bits per heavy atom. The second-order valence-electron chi connectivity index (χ2n) is 9.16. The van der Waals surface area contributed by atoms with Gasteiger partial charge in [0.05, 0.1) is 17.1 Å². The Hall–Kier alpha value is -3.41. The number of aromatic nitrogens is 2. The van der Waals surface area contributed by atoms with Crippen molar-refractivity contribution in [2.75, 3.05) is 33.2 Å². The van der Waals surface area contributed by atoms with Crippen molar-refractivity contribution in [2.24, 2.45) is 0 Å². The number of amides is 1. The number of likely N-dealkylation sites (tertiary alicyclic amines) is 1. The molecule has 0 bridgehead atoms. The number of hydrogen-bond acceptors (Lipinski definition) is 4. The van der Waals surface area contributed by atoms with E-state index in [1.807, 2.05) is 31.2 Å². The molecule has 0 spiro atoms. The molecule has 8 heteroatoms. The topological polar surface area (TPSA) is 81.7 Å². The highest BCUT2D eigenvalue weighted by Gasteiger charge is 2.28. The molecule has 1 fully saturated rings. The molecule has 2 aromatic carbocycles. The summed E-state index contributed by atoms with van der Waals surface area (Å²) in [6.45, 7) is 4.57. The lowest BCUT2D eigenvalue weighted by Crippen LogP contribution is -2.35. The molecule has 1 unspecified atom stereocenters. The van der Waals surface area contributed by atoms with E-state index in [1.54, 1.807) is 12.1 Å². The van der Waals surface area contributed by atoms with Crippen LogP contribution in [0, 0.1) is 17.7 Å². The number of piperidine rings is 1. The largest absolute Gasteiger partial charge is 0.465 e. The zero-order valence-electron chi connectivity index (χ0n) is 20.8. The van der Waals surface area contributed by atoms with Crippen LogP contribution < -0.4 is 0 Å². The van der Waals surface area contributed by atoms with E-state index in [2.05, 4.69) is 28.8 Å². The predicted octanol–water partition coefficient (Wildman–Crippen LogP) is 5.03. The van der Waals surface area contributed by atoms with E-state index < -0.39 is 12.2 Å².